The lowest BCUT2D eigenvalue weighted by Crippen LogP contribution is -3.14. The number of aromatic nitrogens is 1. The van der Waals surface area contributed by atoms with Gasteiger partial charge in [-0.3, -0.25) is 15.4 Å². The summed E-state index contributed by atoms with van der Waals surface area (Å²) in [6.45, 7) is 0. The maximum Gasteiger partial charge on any atom is 0.358 e. The Morgan fingerprint density at radius 2 is 1.68 bits per heavy atom. The van der Waals surface area contributed by atoms with Crippen LogP contribution in [-0.4, -0.2) is 10.9 Å². The van der Waals surface area contributed by atoms with Crippen LogP contribution in [0.1, 0.15) is 0 Å². The van der Waals surface area contributed by atoms with E-state index in [9.17, 15) is 10.4 Å². The first kappa shape index (κ1) is 15.4. The standard InChI is InChI=1S/C18H15N5O2/c24-22-17-11-14(13-5-2-1-3-6-13)8-9-16(17)23(25)21-18(22)20-15-7-4-10-19-12-15/h1-12,22-23H,(H,20,21). The van der Waals surface area contributed by atoms with Crippen molar-refractivity contribution in [2.75, 3.05) is 5.32 Å². The highest BCUT2D eigenvalue weighted by Crippen LogP contribution is 2.25. The molecule has 0 bridgehead atoms. The van der Waals surface area contributed by atoms with Gasteiger partial charge in [0.2, 0.25) is 11.4 Å². The number of benzene rings is 2. The number of pyridine rings is 1. The molecule has 0 spiro atoms. The molecule has 2 atom stereocenters. The topological polar surface area (TPSA) is 92.3 Å². The summed E-state index contributed by atoms with van der Waals surface area (Å²) in [6.07, 6.45) is 3.19. The number of hydroxylamine groups is 1. The van der Waals surface area contributed by atoms with Gasteiger partial charge in [0.25, 0.3) is 0 Å². The molecule has 1 aliphatic rings. The molecule has 1 aliphatic heterocycles. The summed E-state index contributed by atoms with van der Waals surface area (Å²) in [5, 5.41) is 31.1. The Hall–Kier alpha value is -3.10. The molecule has 0 saturated heterocycles. The summed E-state index contributed by atoms with van der Waals surface area (Å²) < 4.78 is 0. The molecule has 7 heteroatoms. The molecule has 3 N–H and O–H groups in total. The van der Waals surface area contributed by atoms with E-state index in [1.165, 1.54) is 0 Å². The van der Waals surface area contributed by atoms with Gasteiger partial charge in [-0.15, -0.1) is 0 Å². The van der Waals surface area contributed by atoms with Gasteiger partial charge in [-0.1, -0.05) is 30.3 Å². The third kappa shape index (κ3) is 3.00. The molecule has 0 fully saturated rings. The Balaban J connectivity index is 1.70. The van der Waals surface area contributed by atoms with Crippen LogP contribution in [0.25, 0.3) is 11.1 Å². The zero-order valence-electron chi connectivity index (χ0n) is 13.1. The van der Waals surface area contributed by atoms with Crippen LogP contribution in [0.3, 0.4) is 0 Å². The highest BCUT2D eigenvalue weighted by molar-refractivity contribution is 5.89. The SMILES string of the molecule is [O-][NH+]1N=C(Nc2cccnc2)[NH+]([O-])c2cc(-c3ccccc3)ccc21. The first-order valence-electron chi connectivity index (χ1n) is 7.76. The fourth-order valence-corrected chi connectivity index (χ4v) is 2.73. The number of quaternary nitrogens is 2. The molecular formula is C18H15N5O2. The third-order valence-corrected chi connectivity index (χ3v) is 3.95. The van der Waals surface area contributed by atoms with Crippen molar-refractivity contribution in [3.8, 4) is 11.1 Å². The average molecular weight is 333 g/mol. The predicted octanol–water partition coefficient (Wildman–Crippen LogP) is 1.17. The number of fused-ring (bicyclic) bond motifs is 1. The van der Waals surface area contributed by atoms with Crippen molar-refractivity contribution >= 4 is 23.0 Å². The van der Waals surface area contributed by atoms with Crippen molar-refractivity contribution in [1.82, 2.24) is 4.98 Å². The maximum absolute atomic E-state index is 12.8. The summed E-state index contributed by atoms with van der Waals surface area (Å²) >= 11 is 0. The molecule has 25 heavy (non-hydrogen) atoms. The van der Waals surface area contributed by atoms with E-state index in [0.29, 0.717) is 17.1 Å². The van der Waals surface area contributed by atoms with Crippen LogP contribution in [0.15, 0.2) is 78.2 Å². The van der Waals surface area contributed by atoms with Crippen LogP contribution < -0.4 is 15.6 Å². The van der Waals surface area contributed by atoms with Gasteiger partial charge in [0.15, 0.2) is 0 Å². The zero-order chi connectivity index (χ0) is 17.2. The Labute approximate surface area is 144 Å². The Bertz CT molecular complexity index is 915. The quantitative estimate of drug-likeness (QED) is 0.614. The molecule has 0 aliphatic carbocycles. The van der Waals surface area contributed by atoms with Crippen LogP contribution in [0, 0.1) is 10.4 Å². The van der Waals surface area contributed by atoms with Crippen LogP contribution in [-0.2, 0) is 0 Å². The second-order valence-electron chi connectivity index (χ2n) is 5.59. The van der Waals surface area contributed by atoms with Crippen LogP contribution in [0.5, 0.6) is 0 Å². The molecular weight excluding hydrogens is 318 g/mol. The number of rotatable bonds is 2. The van der Waals surface area contributed by atoms with Crippen molar-refractivity contribution in [1.29, 1.82) is 0 Å². The first-order chi connectivity index (χ1) is 12.2. The monoisotopic (exact) mass is 333 g/mol. The maximum atomic E-state index is 12.8. The Kier molecular flexibility index (Phi) is 3.96. The van der Waals surface area contributed by atoms with E-state index in [2.05, 4.69) is 15.4 Å². The van der Waals surface area contributed by atoms with Gasteiger partial charge in [-0.25, -0.2) is 0 Å². The molecule has 3 aromatic rings. The van der Waals surface area contributed by atoms with Gasteiger partial charge in [-0.2, -0.15) is 5.17 Å². The van der Waals surface area contributed by atoms with Gasteiger partial charge in [-0.05, 0) is 29.3 Å². The Morgan fingerprint density at radius 3 is 2.44 bits per heavy atom. The summed E-state index contributed by atoms with van der Waals surface area (Å²) in [4.78, 5) is 3.98. The zero-order valence-corrected chi connectivity index (χ0v) is 13.1. The van der Waals surface area contributed by atoms with Gasteiger partial charge in [0, 0.05) is 23.4 Å². The number of nitrogens with zero attached hydrogens (tertiary/aromatic N) is 2. The Morgan fingerprint density at radius 1 is 0.840 bits per heavy atom. The highest BCUT2D eigenvalue weighted by atomic mass is 16.5. The summed E-state index contributed by atoms with van der Waals surface area (Å²) in [6, 6.07) is 18.4. The van der Waals surface area contributed by atoms with E-state index in [4.69, 9.17) is 0 Å². The number of hydrogen-bond donors (Lipinski definition) is 3. The van der Waals surface area contributed by atoms with Crippen molar-refractivity contribution in [2.45, 2.75) is 0 Å². The van der Waals surface area contributed by atoms with Gasteiger partial charge in [0.1, 0.15) is 0 Å². The number of hydrogen-bond acceptors (Lipinski definition) is 5. The summed E-state index contributed by atoms with van der Waals surface area (Å²) in [5.41, 5.74) is 3.14. The molecule has 4 rings (SSSR count). The van der Waals surface area contributed by atoms with E-state index in [-0.39, 0.29) is 11.0 Å². The number of anilines is 1. The van der Waals surface area contributed by atoms with E-state index < -0.39 is 5.17 Å². The predicted molar refractivity (Wildman–Crippen MR) is 95.2 cm³/mol. The minimum atomic E-state index is -0.430. The minimum absolute atomic E-state index is 0.00992. The van der Waals surface area contributed by atoms with Gasteiger partial charge in [0.05, 0.1) is 11.9 Å². The fraction of sp³-hybridized carbons (Fsp3) is 0. The normalized spacial score (nSPS) is 19.0. The molecule has 124 valence electrons. The largest absolute Gasteiger partial charge is 0.621 e. The number of nitrogens with one attached hydrogen (secondary N) is 3. The van der Waals surface area contributed by atoms with Crippen LogP contribution in [0.2, 0.25) is 0 Å². The van der Waals surface area contributed by atoms with Crippen molar-refractivity contribution in [3.05, 3.63) is 83.5 Å². The molecule has 1 aromatic heterocycles. The summed E-state index contributed by atoms with van der Waals surface area (Å²) in [7, 11) is 0. The van der Waals surface area contributed by atoms with Gasteiger partial charge >= 0.3 is 5.96 Å². The minimum Gasteiger partial charge on any atom is -0.621 e. The number of guanidine groups is 1. The van der Waals surface area contributed by atoms with Gasteiger partial charge < -0.3 is 10.4 Å². The first-order valence-corrected chi connectivity index (χ1v) is 7.76. The lowest BCUT2D eigenvalue weighted by Gasteiger charge is -2.30. The fourth-order valence-electron chi connectivity index (χ4n) is 2.73. The summed E-state index contributed by atoms with van der Waals surface area (Å²) in [5.74, 6) is 0.00992. The second kappa shape index (κ2) is 6.42. The van der Waals surface area contributed by atoms with Crippen molar-refractivity contribution < 1.29 is 10.2 Å². The van der Waals surface area contributed by atoms with E-state index in [1.807, 2.05) is 36.4 Å². The molecule has 0 radical (unpaired) electrons. The molecule has 0 amide bonds. The second-order valence-corrected chi connectivity index (χ2v) is 5.59. The lowest BCUT2D eigenvalue weighted by molar-refractivity contribution is -0.812. The molecule has 0 saturated carbocycles. The molecule has 2 unspecified atom stereocenters. The van der Waals surface area contributed by atoms with Crippen LogP contribution >= 0.6 is 0 Å². The molecule has 7 nitrogen and oxygen atoms in total. The average Bonchev–Trinajstić information content (AvgIpc) is 2.67. The van der Waals surface area contributed by atoms with Crippen molar-refractivity contribution in [3.63, 3.8) is 0 Å². The molecule has 2 heterocycles. The smallest absolute Gasteiger partial charge is 0.358 e. The van der Waals surface area contributed by atoms with E-state index in [1.54, 1.807) is 36.7 Å². The molecule has 2 aromatic carbocycles. The lowest BCUT2D eigenvalue weighted by atomic mass is 10.0. The third-order valence-electron chi connectivity index (χ3n) is 3.95. The highest BCUT2D eigenvalue weighted by Gasteiger charge is 2.28. The van der Waals surface area contributed by atoms with Crippen LogP contribution in [0.4, 0.5) is 17.1 Å². The van der Waals surface area contributed by atoms with E-state index >= 15 is 0 Å². The van der Waals surface area contributed by atoms with Crippen molar-refractivity contribution in [2.24, 2.45) is 5.10 Å². The van der Waals surface area contributed by atoms with E-state index in [0.717, 1.165) is 11.1 Å².